The molecular weight excluding hydrogens is 232 g/mol. The Morgan fingerprint density at radius 1 is 1.06 bits per heavy atom. The molecule has 0 bridgehead atoms. The molecule has 3 aromatic rings. The molecule has 2 nitrogen and oxygen atoms in total. The van der Waals surface area contributed by atoms with Crippen molar-refractivity contribution in [1.29, 1.82) is 0 Å². The van der Waals surface area contributed by atoms with Crippen LogP contribution in [0.1, 0.15) is 11.4 Å². The van der Waals surface area contributed by atoms with Gasteiger partial charge in [0.05, 0.1) is 6.20 Å². The second-order valence-electron chi connectivity index (χ2n) is 4.04. The molecule has 0 amide bonds. The summed E-state index contributed by atoms with van der Waals surface area (Å²) in [4.78, 5) is 7.23. The summed E-state index contributed by atoms with van der Waals surface area (Å²) in [6.07, 6.45) is 2.41. The summed E-state index contributed by atoms with van der Waals surface area (Å²) >= 11 is 5.80. The molecule has 0 saturated carbocycles. The van der Waals surface area contributed by atoms with E-state index in [0.29, 0.717) is 5.15 Å². The number of fused-ring (bicyclic) bond motifs is 1. The van der Waals surface area contributed by atoms with Gasteiger partial charge in [0, 0.05) is 6.42 Å². The highest BCUT2D eigenvalue weighted by molar-refractivity contribution is 6.29. The molecule has 17 heavy (non-hydrogen) atoms. The molecule has 0 atom stereocenters. The van der Waals surface area contributed by atoms with Gasteiger partial charge in [-0.15, -0.1) is 0 Å². The first kappa shape index (κ1) is 10.4. The quantitative estimate of drug-likeness (QED) is 0.727. The fourth-order valence-electron chi connectivity index (χ4n) is 1.97. The van der Waals surface area contributed by atoms with E-state index in [4.69, 9.17) is 11.6 Å². The van der Waals surface area contributed by atoms with Crippen molar-refractivity contribution in [2.75, 3.05) is 0 Å². The van der Waals surface area contributed by atoms with Crippen molar-refractivity contribution in [1.82, 2.24) is 9.97 Å². The van der Waals surface area contributed by atoms with Gasteiger partial charge < -0.3 is 4.98 Å². The van der Waals surface area contributed by atoms with Gasteiger partial charge in [-0.25, -0.2) is 4.98 Å². The number of nitrogens with zero attached hydrogens (tertiary/aromatic N) is 1. The first-order valence-corrected chi connectivity index (χ1v) is 5.86. The lowest BCUT2D eigenvalue weighted by atomic mass is 10.1. The van der Waals surface area contributed by atoms with Crippen molar-refractivity contribution >= 4 is 22.4 Å². The number of H-pyrrole nitrogens is 1. The van der Waals surface area contributed by atoms with Gasteiger partial charge in [-0.05, 0) is 16.3 Å². The summed E-state index contributed by atoms with van der Waals surface area (Å²) in [5, 5.41) is 3.09. The van der Waals surface area contributed by atoms with Gasteiger partial charge in [0.15, 0.2) is 0 Å². The Morgan fingerprint density at radius 2 is 1.88 bits per heavy atom. The maximum absolute atomic E-state index is 5.80. The van der Waals surface area contributed by atoms with Crippen LogP contribution < -0.4 is 0 Å². The molecule has 3 heteroatoms. The van der Waals surface area contributed by atoms with Gasteiger partial charge in [0.25, 0.3) is 0 Å². The largest absolute Gasteiger partial charge is 0.333 e. The number of hydrogen-bond donors (Lipinski definition) is 1. The fourth-order valence-corrected chi connectivity index (χ4v) is 2.13. The van der Waals surface area contributed by atoms with Crippen LogP contribution in [0.3, 0.4) is 0 Å². The zero-order chi connectivity index (χ0) is 11.7. The van der Waals surface area contributed by atoms with E-state index in [1.807, 2.05) is 6.07 Å². The summed E-state index contributed by atoms with van der Waals surface area (Å²) < 4.78 is 0. The average molecular weight is 243 g/mol. The van der Waals surface area contributed by atoms with E-state index >= 15 is 0 Å². The Kier molecular flexibility index (Phi) is 2.57. The molecule has 3 rings (SSSR count). The van der Waals surface area contributed by atoms with Crippen LogP contribution in [-0.2, 0) is 6.42 Å². The van der Waals surface area contributed by atoms with Crippen LogP contribution in [0.25, 0.3) is 10.8 Å². The van der Waals surface area contributed by atoms with E-state index in [1.54, 1.807) is 6.20 Å². The van der Waals surface area contributed by atoms with E-state index in [-0.39, 0.29) is 0 Å². The third kappa shape index (κ3) is 2.17. The number of nitrogens with one attached hydrogen (secondary N) is 1. The first-order chi connectivity index (χ1) is 8.31. The molecule has 1 N–H and O–H groups in total. The Morgan fingerprint density at radius 3 is 2.65 bits per heavy atom. The van der Waals surface area contributed by atoms with Gasteiger partial charge in [-0.2, -0.15) is 0 Å². The van der Waals surface area contributed by atoms with Crippen LogP contribution in [0.15, 0.2) is 48.7 Å². The van der Waals surface area contributed by atoms with E-state index in [2.05, 4.69) is 46.4 Å². The monoisotopic (exact) mass is 242 g/mol. The van der Waals surface area contributed by atoms with Crippen LogP contribution in [-0.4, -0.2) is 9.97 Å². The topological polar surface area (TPSA) is 28.7 Å². The third-order valence-corrected chi connectivity index (χ3v) is 2.97. The maximum atomic E-state index is 5.80. The van der Waals surface area contributed by atoms with Gasteiger partial charge in [-0.3, -0.25) is 0 Å². The van der Waals surface area contributed by atoms with Crippen molar-refractivity contribution in [2.24, 2.45) is 0 Å². The van der Waals surface area contributed by atoms with Crippen LogP contribution in [0, 0.1) is 0 Å². The molecule has 1 aromatic heterocycles. The zero-order valence-corrected chi connectivity index (χ0v) is 9.91. The normalized spacial score (nSPS) is 10.9. The average Bonchev–Trinajstić information content (AvgIpc) is 2.75. The number of hydrogen-bond acceptors (Lipinski definition) is 1. The zero-order valence-electron chi connectivity index (χ0n) is 9.15. The Bertz CT molecular complexity index is 658. The minimum absolute atomic E-state index is 0.584. The van der Waals surface area contributed by atoms with Crippen molar-refractivity contribution in [2.45, 2.75) is 6.42 Å². The Hall–Kier alpha value is -1.80. The SMILES string of the molecule is Clc1cnc(Cc2ccc3ccccc3c2)[nH]1. The van der Waals surface area contributed by atoms with Gasteiger partial charge in [0.2, 0.25) is 0 Å². The standard InChI is InChI=1S/C14H11ClN2/c15-13-9-16-14(17-13)8-10-5-6-11-3-1-2-4-12(11)7-10/h1-7,9H,8H2,(H,16,17). The highest BCUT2D eigenvalue weighted by Crippen LogP contribution is 2.17. The molecule has 0 saturated heterocycles. The molecule has 0 fully saturated rings. The molecule has 0 radical (unpaired) electrons. The highest BCUT2D eigenvalue weighted by atomic mass is 35.5. The third-order valence-electron chi connectivity index (χ3n) is 2.78. The van der Waals surface area contributed by atoms with E-state index < -0.39 is 0 Å². The lowest BCUT2D eigenvalue weighted by Gasteiger charge is -2.01. The molecule has 0 aliphatic carbocycles. The molecule has 2 aromatic carbocycles. The van der Waals surface area contributed by atoms with Crippen molar-refractivity contribution in [3.8, 4) is 0 Å². The Labute approximate surface area is 104 Å². The Balaban J connectivity index is 1.95. The number of halogens is 1. The van der Waals surface area contributed by atoms with E-state index in [9.17, 15) is 0 Å². The molecule has 0 unspecified atom stereocenters. The minimum atomic E-state index is 0.584. The van der Waals surface area contributed by atoms with Crippen LogP contribution >= 0.6 is 11.6 Å². The number of benzene rings is 2. The molecule has 0 aliphatic rings. The summed E-state index contributed by atoms with van der Waals surface area (Å²) in [7, 11) is 0. The number of aromatic nitrogens is 2. The van der Waals surface area contributed by atoms with Crippen LogP contribution in [0.4, 0.5) is 0 Å². The second-order valence-corrected chi connectivity index (χ2v) is 4.44. The molecule has 84 valence electrons. The van der Waals surface area contributed by atoms with Crippen molar-refractivity contribution in [3.05, 3.63) is 65.2 Å². The van der Waals surface area contributed by atoms with Gasteiger partial charge in [-0.1, -0.05) is 54.1 Å². The van der Waals surface area contributed by atoms with Gasteiger partial charge in [0.1, 0.15) is 11.0 Å². The minimum Gasteiger partial charge on any atom is -0.333 e. The summed E-state index contributed by atoms with van der Waals surface area (Å²) in [6, 6.07) is 14.8. The number of aromatic amines is 1. The molecule has 1 heterocycles. The molecule has 0 spiro atoms. The summed E-state index contributed by atoms with van der Waals surface area (Å²) in [6.45, 7) is 0. The number of imidazole rings is 1. The predicted octanol–water partition coefficient (Wildman–Crippen LogP) is 3.81. The maximum Gasteiger partial charge on any atom is 0.126 e. The van der Waals surface area contributed by atoms with Crippen LogP contribution in [0.2, 0.25) is 5.15 Å². The van der Waals surface area contributed by atoms with E-state index in [0.717, 1.165) is 12.2 Å². The second kappa shape index (κ2) is 4.22. The van der Waals surface area contributed by atoms with E-state index in [1.165, 1.54) is 16.3 Å². The van der Waals surface area contributed by atoms with Gasteiger partial charge >= 0.3 is 0 Å². The van der Waals surface area contributed by atoms with Crippen LogP contribution in [0.5, 0.6) is 0 Å². The number of rotatable bonds is 2. The first-order valence-electron chi connectivity index (χ1n) is 5.48. The molecular formula is C14H11ClN2. The summed E-state index contributed by atoms with van der Waals surface area (Å²) in [5.74, 6) is 0.894. The molecule has 0 aliphatic heterocycles. The summed E-state index contributed by atoms with van der Waals surface area (Å²) in [5.41, 5.74) is 1.23. The predicted molar refractivity (Wildman–Crippen MR) is 70.4 cm³/mol. The lowest BCUT2D eigenvalue weighted by Crippen LogP contribution is -1.90. The van der Waals surface area contributed by atoms with Crippen molar-refractivity contribution < 1.29 is 0 Å². The fraction of sp³-hybridized carbons (Fsp3) is 0.0714. The highest BCUT2D eigenvalue weighted by Gasteiger charge is 2.01. The smallest absolute Gasteiger partial charge is 0.126 e. The lowest BCUT2D eigenvalue weighted by molar-refractivity contribution is 1.03. The van der Waals surface area contributed by atoms with Crippen molar-refractivity contribution in [3.63, 3.8) is 0 Å².